The fourth-order valence-corrected chi connectivity index (χ4v) is 1.56. The molecule has 1 rings (SSSR count). The van der Waals surface area contributed by atoms with Gasteiger partial charge in [0.15, 0.2) is 0 Å². The molecule has 1 aromatic rings. The van der Waals surface area contributed by atoms with E-state index in [1.807, 2.05) is 31.2 Å². The molecule has 0 unspecified atom stereocenters. The van der Waals surface area contributed by atoms with Gasteiger partial charge in [0, 0.05) is 11.8 Å². The van der Waals surface area contributed by atoms with Crippen LogP contribution in [0, 0.1) is 0 Å². The van der Waals surface area contributed by atoms with E-state index in [-0.39, 0.29) is 5.91 Å². The maximum absolute atomic E-state index is 11.8. The van der Waals surface area contributed by atoms with Crippen molar-refractivity contribution in [3.8, 4) is 5.75 Å². The zero-order valence-corrected chi connectivity index (χ0v) is 11.1. The van der Waals surface area contributed by atoms with Gasteiger partial charge in [0.05, 0.1) is 12.6 Å². The normalized spacial score (nSPS) is 11.9. The molecule has 0 aliphatic carbocycles. The van der Waals surface area contributed by atoms with E-state index in [0.717, 1.165) is 24.3 Å². The minimum atomic E-state index is -0.449. The van der Waals surface area contributed by atoms with Crippen LogP contribution in [-0.4, -0.2) is 18.6 Å². The highest BCUT2D eigenvalue weighted by molar-refractivity contribution is 5.94. The number of nitrogens with one attached hydrogen (secondary N) is 1. The number of benzene rings is 1. The molecule has 0 saturated carbocycles. The first-order chi connectivity index (χ1) is 8.67. The summed E-state index contributed by atoms with van der Waals surface area (Å²) in [5.41, 5.74) is 6.47. The topological polar surface area (TPSA) is 64.3 Å². The van der Waals surface area contributed by atoms with Crippen molar-refractivity contribution >= 4 is 11.6 Å². The third-order valence-electron chi connectivity index (χ3n) is 2.51. The van der Waals surface area contributed by atoms with Crippen molar-refractivity contribution in [1.82, 2.24) is 0 Å². The average Bonchev–Trinajstić information content (AvgIpc) is 2.37. The highest BCUT2D eigenvalue weighted by atomic mass is 16.5. The minimum absolute atomic E-state index is 0.149. The van der Waals surface area contributed by atoms with Crippen molar-refractivity contribution in [1.29, 1.82) is 0 Å². The number of hydrogen-bond donors (Lipinski definition) is 2. The lowest BCUT2D eigenvalue weighted by atomic mass is 10.1. The number of nitrogens with two attached hydrogens (primary N) is 1. The van der Waals surface area contributed by atoms with Gasteiger partial charge in [0.2, 0.25) is 5.91 Å². The third-order valence-corrected chi connectivity index (χ3v) is 2.51. The lowest BCUT2D eigenvalue weighted by Crippen LogP contribution is -2.35. The zero-order valence-electron chi connectivity index (χ0n) is 11.1. The standard InChI is InChI=1S/C14H22N2O2/c1-3-6-13(15)14(17)16-11-7-5-8-12(10-11)18-9-4-2/h5,7-8,10,13H,3-4,6,9,15H2,1-2H3,(H,16,17)/t13-/m1/s1. The quantitative estimate of drug-likeness (QED) is 0.781. The predicted octanol–water partition coefficient (Wildman–Crippen LogP) is 2.54. The molecule has 4 heteroatoms. The number of carbonyl (C=O) groups is 1. The van der Waals surface area contributed by atoms with Crippen LogP contribution >= 0.6 is 0 Å². The van der Waals surface area contributed by atoms with Gasteiger partial charge in [-0.1, -0.05) is 26.3 Å². The summed E-state index contributed by atoms with van der Waals surface area (Å²) < 4.78 is 5.50. The number of rotatable bonds is 7. The second-order valence-corrected chi connectivity index (χ2v) is 4.26. The molecule has 1 atom stereocenters. The number of carbonyl (C=O) groups excluding carboxylic acids is 1. The fraction of sp³-hybridized carbons (Fsp3) is 0.500. The third kappa shape index (κ3) is 4.75. The maximum atomic E-state index is 11.8. The van der Waals surface area contributed by atoms with Crippen LogP contribution in [-0.2, 0) is 4.79 Å². The van der Waals surface area contributed by atoms with Crippen molar-refractivity contribution in [3.05, 3.63) is 24.3 Å². The number of ether oxygens (including phenoxy) is 1. The van der Waals surface area contributed by atoms with Crippen molar-refractivity contribution in [2.75, 3.05) is 11.9 Å². The Bertz CT molecular complexity index is 380. The van der Waals surface area contributed by atoms with Crippen LogP contribution in [0.15, 0.2) is 24.3 Å². The predicted molar refractivity (Wildman–Crippen MR) is 73.7 cm³/mol. The molecule has 0 bridgehead atoms. The summed E-state index contributed by atoms with van der Waals surface area (Å²) in [7, 11) is 0. The van der Waals surface area contributed by atoms with Crippen LogP contribution in [0.1, 0.15) is 33.1 Å². The Morgan fingerprint density at radius 3 is 2.83 bits per heavy atom. The SMILES string of the molecule is CCCOc1cccc(NC(=O)[C@H](N)CCC)c1. The molecular weight excluding hydrogens is 228 g/mol. The summed E-state index contributed by atoms with van der Waals surface area (Å²) in [5.74, 6) is 0.614. The van der Waals surface area contributed by atoms with Crippen molar-refractivity contribution < 1.29 is 9.53 Å². The largest absolute Gasteiger partial charge is 0.494 e. The average molecular weight is 250 g/mol. The van der Waals surface area contributed by atoms with Gasteiger partial charge in [0.1, 0.15) is 5.75 Å². The number of anilines is 1. The Hall–Kier alpha value is -1.55. The van der Waals surface area contributed by atoms with E-state index in [9.17, 15) is 4.79 Å². The first-order valence-corrected chi connectivity index (χ1v) is 6.46. The van der Waals surface area contributed by atoms with E-state index in [1.54, 1.807) is 0 Å². The summed E-state index contributed by atoms with van der Waals surface area (Å²) in [6.45, 7) is 4.73. The summed E-state index contributed by atoms with van der Waals surface area (Å²) >= 11 is 0. The molecule has 100 valence electrons. The molecule has 1 aromatic carbocycles. The molecule has 0 saturated heterocycles. The Morgan fingerprint density at radius 1 is 1.39 bits per heavy atom. The molecule has 0 fully saturated rings. The van der Waals surface area contributed by atoms with Crippen LogP contribution in [0.3, 0.4) is 0 Å². The molecule has 0 spiro atoms. The summed E-state index contributed by atoms with van der Waals surface area (Å²) in [4.78, 5) is 11.8. The first-order valence-electron chi connectivity index (χ1n) is 6.46. The van der Waals surface area contributed by atoms with Crippen molar-refractivity contribution in [2.24, 2.45) is 5.73 Å². The molecule has 4 nitrogen and oxygen atoms in total. The van der Waals surface area contributed by atoms with Crippen molar-refractivity contribution in [3.63, 3.8) is 0 Å². The van der Waals surface area contributed by atoms with E-state index in [4.69, 9.17) is 10.5 Å². The molecule has 0 aliphatic heterocycles. The van der Waals surface area contributed by atoms with Gasteiger partial charge in [-0.05, 0) is 25.0 Å². The second-order valence-electron chi connectivity index (χ2n) is 4.26. The van der Waals surface area contributed by atoms with E-state index >= 15 is 0 Å². The highest BCUT2D eigenvalue weighted by Crippen LogP contribution is 2.17. The molecular formula is C14H22N2O2. The Labute approximate surface area is 109 Å². The van der Waals surface area contributed by atoms with E-state index in [0.29, 0.717) is 13.0 Å². The van der Waals surface area contributed by atoms with Gasteiger partial charge in [-0.2, -0.15) is 0 Å². The van der Waals surface area contributed by atoms with Gasteiger partial charge in [0.25, 0.3) is 0 Å². The molecule has 0 aliphatic rings. The lowest BCUT2D eigenvalue weighted by Gasteiger charge is -2.12. The smallest absolute Gasteiger partial charge is 0.241 e. The van der Waals surface area contributed by atoms with Crippen molar-refractivity contribution in [2.45, 2.75) is 39.2 Å². The Kier molecular flexibility index (Phi) is 6.22. The van der Waals surface area contributed by atoms with Crippen LogP contribution in [0.5, 0.6) is 5.75 Å². The summed E-state index contributed by atoms with van der Waals surface area (Å²) in [6, 6.07) is 6.92. The van der Waals surface area contributed by atoms with Crippen LogP contribution in [0.2, 0.25) is 0 Å². The Balaban J connectivity index is 2.58. The lowest BCUT2D eigenvalue weighted by molar-refractivity contribution is -0.117. The molecule has 0 heterocycles. The van der Waals surface area contributed by atoms with Gasteiger partial charge in [-0.3, -0.25) is 4.79 Å². The maximum Gasteiger partial charge on any atom is 0.241 e. The van der Waals surface area contributed by atoms with Crippen LogP contribution in [0.25, 0.3) is 0 Å². The Morgan fingerprint density at radius 2 is 2.17 bits per heavy atom. The molecule has 1 amide bonds. The van der Waals surface area contributed by atoms with Crippen LogP contribution < -0.4 is 15.8 Å². The minimum Gasteiger partial charge on any atom is -0.494 e. The van der Waals surface area contributed by atoms with Gasteiger partial charge < -0.3 is 15.8 Å². The molecule has 0 aromatic heterocycles. The van der Waals surface area contributed by atoms with Gasteiger partial charge in [-0.25, -0.2) is 0 Å². The van der Waals surface area contributed by atoms with E-state index in [2.05, 4.69) is 12.2 Å². The van der Waals surface area contributed by atoms with E-state index in [1.165, 1.54) is 0 Å². The number of amides is 1. The van der Waals surface area contributed by atoms with E-state index < -0.39 is 6.04 Å². The fourth-order valence-electron chi connectivity index (χ4n) is 1.56. The molecule has 0 radical (unpaired) electrons. The number of hydrogen-bond acceptors (Lipinski definition) is 3. The van der Waals surface area contributed by atoms with Gasteiger partial charge >= 0.3 is 0 Å². The monoisotopic (exact) mass is 250 g/mol. The molecule has 3 N–H and O–H groups in total. The second kappa shape index (κ2) is 7.71. The highest BCUT2D eigenvalue weighted by Gasteiger charge is 2.12. The zero-order chi connectivity index (χ0) is 13.4. The first kappa shape index (κ1) is 14.5. The molecule has 18 heavy (non-hydrogen) atoms. The summed E-state index contributed by atoms with van der Waals surface area (Å²) in [5, 5.41) is 2.80. The summed E-state index contributed by atoms with van der Waals surface area (Å²) in [6.07, 6.45) is 2.55. The van der Waals surface area contributed by atoms with Crippen LogP contribution in [0.4, 0.5) is 5.69 Å². The van der Waals surface area contributed by atoms with Gasteiger partial charge in [-0.15, -0.1) is 0 Å².